The van der Waals surface area contributed by atoms with Crippen LogP contribution in [-0.4, -0.2) is 10.8 Å². The molecular formula is C12H12N2O2. The maximum Gasteiger partial charge on any atom is 0.293 e. The molecule has 0 aliphatic heterocycles. The van der Waals surface area contributed by atoms with Crippen LogP contribution in [0.1, 0.15) is 23.0 Å². The molecule has 1 aromatic heterocycles. The summed E-state index contributed by atoms with van der Waals surface area (Å²) in [7, 11) is 0. The molecule has 0 amide bonds. The Morgan fingerprint density at radius 2 is 2.19 bits per heavy atom. The number of rotatable bonds is 2. The van der Waals surface area contributed by atoms with Gasteiger partial charge in [0.2, 0.25) is 0 Å². The zero-order valence-electron chi connectivity index (χ0n) is 9.15. The third-order valence-electron chi connectivity index (χ3n) is 2.25. The number of hydrogen-bond donors (Lipinski definition) is 1. The molecule has 0 atom stereocenters. The van der Waals surface area contributed by atoms with Crippen molar-refractivity contribution >= 4 is 11.8 Å². The Balaban J connectivity index is 2.59. The van der Waals surface area contributed by atoms with E-state index in [9.17, 15) is 4.79 Å². The molecule has 0 radical (unpaired) electrons. The first kappa shape index (κ1) is 10.4. The molecule has 0 spiro atoms. The molecule has 0 bridgehead atoms. The molecule has 1 heterocycles. The number of Topliss-reactive ketones (excluding diaryl/α,β-unsaturated/α-hetero) is 1. The van der Waals surface area contributed by atoms with Gasteiger partial charge in [-0.3, -0.25) is 4.79 Å². The van der Waals surface area contributed by atoms with Gasteiger partial charge < -0.3 is 10.2 Å². The Morgan fingerprint density at radius 1 is 1.44 bits per heavy atom. The summed E-state index contributed by atoms with van der Waals surface area (Å²) in [6.45, 7) is 3.40. The van der Waals surface area contributed by atoms with Crippen molar-refractivity contribution in [3.05, 3.63) is 35.6 Å². The average molecular weight is 216 g/mol. The zero-order valence-corrected chi connectivity index (χ0v) is 9.15. The van der Waals surface area contributed by atoms with Crippen molar-refractivity contribution in [2.24, 2.45) is 0 Å². The van der Waals surface area contributed by atoms with Crippen molar-refractivity contribution in [3.63, 3.8) is 0 Å². The minimum Gasteiger partial charge on any atom is -0.420 e. The molecule has 0 unspecified atom stereocenters. The van der Waals surface area contributed by atoms with E-state index < -0.39 is 0 Å². The highest BCUT2D eigenvalue weighted by molar-refractivity contribution is 5.97. The molecule has 1 aromatic carbocycles. The molecule has 2 rings (SSSR count). The Kier molecular flexibility index (Phi) is 2.48. The van der Waals surface area contributed by atoms with Crippen LogP contribution in [0.15, 0.2) is 28.7 Å². The van der Waals surface area contributed by atoms with Crippen LogP contribution in [0, 0.1) is 6.92 Å². The van der Waals surface area contributed by atoms with Crippen LogP contribution in [0.3, 0.4) is 0 Å². The van der Waals surface area contributed by atoms with Crippen molar-refractivity contribution in [2.45, 2.75) is 13.8 Å². The molecule has 4 nitrogen and oxygen atoms in total. The quantitative estimate of drug-likeness (QED) is 0.783. The highest BCUT2D eigenvalue weighted by Gasteiger charge is 2.17. The number of benzene rings is 1. The number of nitrogens with zero attached hydrogens (tertiary/aromatic N) is 1. The van der Waals surface area contributed by atoms with Gasteiger partial charge in [0, 0.05) is 12.5 Å². The van der Waals surface area contributed by atoms with Gasteiger partial charge in [-0.05, 0) is 13.0 Å². The number of hydrogen-bond acceptors (Lipinski definition) is 4. The van der Waals surface area contributed by atoms with E-state index in [-0.39, 0.29) is 17.6 Å². The van der Waals surface area contributed by atoms with Crippen molar-refractivity contribution in [2.75, 3.05) is 5.73 Å². The molecule has 0 saturated carbocycles. The van der Waals surface area contributed by atoms with E-state index >= 15 is 0 Å². The second-order valence-electron chi connectivity index (χ2n) is 3.66. The first-order valence-corrected chi connectivity index (χ1v) is 4.92. The second-order valence-corrected chi connectivity index (χ2v) is 3.66. The molecular weight excluding hydrogens is 204 g/mol. The summed E-state index contributed by atoms with van der Waals surface area (Å²) in [6.07, 6.45) is 0. The number of carbonyl (C=O) groups excluding carboxylic acids is 1. The lowest BCUT2D eigenvalue weighted by Crippen LogP contribution is -1.93. The number of ketones is 1. The molecule has 0 fully saturated rings. The molecule has 16 heavy (non-hydrogen) atoms. The summed E-state index contributed by atoms with van der Waals surface area (Å²) in [5.74, 6) is 0.0313. The van der Waals surface area contributed by atoms with Gasteiger partial charge in [-0.25, -0.2) is 0 Å². The van der Waals surface area contributed by atoms with Crippen LogP contribution >= 0.6 is 0 Å². The zero-order chi connectivity index (χ0) is 11.7. The highest BCUT2D eigenvalue weighted by atomic mass is 16.4. The SMILES string of the molecule is CC(=O)c1oc(N)nc1-c1cccc(C)c1. The molecule has 0 aliphatic rings. The smallest absolute Gasteiger partial charge is 0.293 e. The van der Waals surface area contributed by atoms with Crippen molar-refractivity contribution < 1.29 is 9.21 Å². The van der Waals surface area contributed by atoms with Crippen LogP contribution in [0.5, 0.6) is 0 Å². The largest absolute Gasteiger partial charge is 0.420 e. The number of aromatic nitrogens is 1. The summed E-state index contributed by atoms with van der Waals surface area (Å²) in [5.41, 5.74) is 7.90. The van der Waals surface area contributed by atoms with Crippen LogP contribution in [0.25, 0.3) is 11.3 Å². The molecule has 4 heteroatoms. The molecule has 82 valence electrons. The summed E-state index contributed by atoms with van der Waals surface area (Å²) in [5, 5.41) is 0. The summed E-state index contributed by atoms with van der Waals surface area (Å²) in [6, 6.07) is 7.70. The maximum atomic E-state index is 11.3. The third kappa shape index (κ3) is 1.82. The average Bonchev–Trinajstić information content (AvgIpc) is 2.60. The topological polar surface area (TPSA) is 69.1 Å². The first-order valence-electron chi connectivity index (χ1n) is 4.92. The lowest BCUT2D eigenvalue weighted by molar-refractivity contribution is 0.0989. The number of aryl methyl sites for hydroxylation is 1. The van der Waals surface area contributed by atoms with Gasteiger partial charge in [-0.15, -0.1) is 0 Å². The van der Waals surface area contributed by atoms with Crippen molar-refractivity contribution in [3.8, 4) is 11.3 Å². The molecule has 0 aliphatic carbocycles. The Bertz CT molecular complexity index is 544. The number of nitrogen functional groups attached to an aromatic ring is 1. The Labute approximate surface area is 93.1 Å². The van der Waals surface area contributed by atoms with Crippen LogP contribution in [0.4, 0.5) is 6.01 Å². The van der Waals surface area contributed by atoms with Crippen molar-refractivity contribution in [1.82, 2.24) is 4.98 Å². The van der Waals surface area contributed by atoms with Gasteiger partial charge >= 0.3 is 0 Å². The predicted molar refractivity (Wildman–Crippen MR) is 61.1 cm³/mol. The number of anilines is 1. The van der Waals surface area contributed by atoms with E-state index in [4.69, 9.17) is 10.2 Å². The normalized spacial score (nSPS) is 10.4. The minimum atomic E-state index is -0.180. The van der Waals surface area contributed by atoms with Gasteiger partial charge in [0.25, 0.3) is 6.01 Å². The first-order chi connectivity index (χ1) is 7.58. The van der Waals surface area contributed by atoms with E-state index in [0.29, 0.717) is 5.69 Å². The maximum absolute atomic E-state index is 11.3. The van der Waals surface area contributed by atoms with Gasteiger partial charge in [-0.1, -0.05) is 23.8 Å². The lowest BCUT2D eigenvalue weighted by atomic mass is 10.1. The van der Waals surface area contributed by atoms with Crippen molar-refractivity contribution in [1.29, 1.82) is 0 Å². The fourth-order valence-corrected chi connectivity index (χ4v) is 1.56. The van der Waals surface area contributed by atoms with E-state index in [0.717, 1.165) is 11.1 Å². The van der Waals surface area contributed by atoms with Gasteiger partial charge in [0.1, 0.15) is 5.69 Å². The minimum absolute atomic E-state index is 0.0155. The standard InChI is InChI=1S/C12H12N2O2/c1-7-4-3-5-9(6-7)10-11(8(2)15)16-12(13)14-10/h3-6H,1-2H3,(H2,13,14). The fraction of sp³-hybridized carbons (Fsp3) is 0.167. The van der Waals surface area contributed by atoms with Gasteiger partial charge in [0.15, 0.2) is 11.5 Å². The fourth-order valence-electron chi connectivity index (χ4n) is 1.56. The van der Waals surface area contributed by atoms with Crippen LogP contribution in [-0.2, 0) is 0 Å². The van der Waals surface area contributed by atoms with E-state index in [2.05, 4.69) is 4.98 Å². The molecule has 2 aromatic rings. The van der Waals surface area contributed by atoms with E-state index in [1.165, 1.54) is 6.92 Å². The van der Waals surface area contributed by atoms with Crippen LogP contribution < -0.4 is 5.73 Å². The highest BCUT2D eigenvalue weighted by Crippen LogP contribution is 2.25. The Morgan fingerprint density at radius 3 is 2.81 bits per heavy atom. The summed E-state index contributed by atoms with van der Waals surface area (Å²) < 4.78 is 5.09. The number of nitrogens with two attached hydrogens (primary N) is 1. The monoisotopic (exact) mass is 216 g/mol. The number of oxazole rings is 1. The number of carbonyl (C=O) groups is 1. The lowest BCUT2D eigenvalue weighted by Gasteiger charge is -1.99. The third-order valence-corrected chi connectivity index (χ3v) is 2.25. The summed E-state index contributed by atoms with van der Waals surface area (Å²) in [4.78, 5) is 15.4. The van der Waals surface area contributed by atoms with E-state index in [1.54, 1.807) is 0 Å². The second kappa shape index (κ2) is 3.81. The molecule has 0 saturated heterocycles. The van der Waals surface area contributed by atoms with Crippen LogP contribution in [0.2, 0.25) is 0 Å². The van der Waals surface area contributed by atoms with E-state index in [1.807, 2.05) is 31.2 Å². The Hall–Kier alpha value is -2.10. The predicted octanol–water partition coefficient (Wildman–Crippen LogP) is 2.43. The molecule has 2 N–H and O–H groups in total. The summed E-state index contributed by atoms with van der Waals surface area (Å²) >= 11 is 0. The van der Waals surface area contributed by atoms with Gasteiger partial charge in [-0.2, -0.15) is 4.98 Å². The van der Waals surface area contributed by atoms with Gasteiger partial charge in [0.05, 0.1) is 0 Å².